The van der Waals surface area contributed by atoms with Crippen LogP contribution in [0.4, 0.5) is 13.2 Å². The van der Waals surface area contributed by atoms with Gasteiger partial charge in [0.15, 0.2) is 5.41 Å². The maximum atomic E-state index is 13.8. The Kier molecular flexibility index (Phi) is 4.32. The van der Waals surface area contributed by atoms with Crippen LogP contribution in [0, 0.1) is 28.1 Å². The molecule has 0 spiro atoms. The Labute approximate surface area is 170 Å². The molecule has 2 heterocycles. The topological polar surface area (TPSA) is 93.9 Å². The third-order valence-corrected chi connectivity index (χ3v) is 5.84. The van der Waals surface area contributed by atoms with Gasteiger partial charge in [0.25, 0.3) is 0 Å². The first-order valence-electron chi connectivity index (χ1n) is 9.08. The zero-order valence-electron chi connectivity index (χ0n) is 15.5. The minimum atomic E-state index is -4.73. The van der Waals surface area contributed by atoms with E-state index in [9.17, 15) is 28.5 Å². The SMILES string of the molecule is N#CC1(C#N)[C@@H]2c3ccccc3C=CN2[C@@H](C(N)=O)[C@@H]1c1ccccc1C(F)(F)F. The number of nitrogens with two attached hydrogens (primary N) is 1. The van der Waals surface area contributed by atoms with Crippen LogP contribution < -0.4 is 5.73 Å². The summed E-state index contributed by atoms with van der Waals surface area (Å²) >= 11 is 0. The number of benzene rings is 2. The Morgan fingerprint density at radius 1 is 1.03 bits per heavy atom. The smallest absolute Gasteiger partial charge is 0.368 e. The van der Waals surface area contributed by atoms with E-state index in [4.69, 9.17) is 5.73 Å². The summed E-state index contributed by atoms with van der Waals surface area (Å²) in [4.78, 5) is 13.9. The van der Waals surface area contributed by atoms with Gasteiger partial charge in [0, 0.05) is 12.1 Å². The fourth-order valence-corrected chi connectivity index (χ4v) is 4.69. The van der Waals surface area contributed by atoms with Crippen LogP contribution in [-0.4, -0.2) is 16.8 Å². The summed E-state index contributed by atoms with van der Waals surface area (Å²) < 4.78 is 41.4. The number of hydrogen-bond donors (Lipinski definition) is 1. The lowest BCUT2D eigenvalue weighted by Gasteiger charge is -2.34. The predicted octanol–water partition coefficient (Wildman–Crippen LogP) is 3.72. The number of primary amides is 1. The zero-order valence-corrected chi connectivity index (χ0v) is 15.5. The fraction of sp³-hybridized carbons (Fsp3) is 0.227. The average Bonchev–Trinajstić information content (AvgIpc) is 3.04. The summed E-state index contributed by atoms with van der Waals surface area (Å²) in [5, 5.41) is 20.3. The van der Waals surface area contributed by atoms with Gasteiger partial charge in [-0.25, -0.2) is 0 Å². The lowest BCUT2D eigenvalue weighted by atomic mass is 9.67. The van der Waals surface area contributed by atoms with Crippen LogP contribution >= 0.6 is 0 Å². The molecule has 2 aromatic carbocycles. The molecule has 2 N–H and O–H groups in total. The molecule has 150 valence electrons. The number of rotatable bonds is 2. The highest BCUT2D eigenvalue weighted by molar-refractivity contribution is 5.84. The summed E-state index contributed by atoms with van der Waals surface area (Å²) in [7, 11) is 0. The molecule has 2 aliphatic rings. The van der Waals surface area contributed by atoms with Crippen LogP contribution in [0.5, 0.6) is 0 Å². The van der Waals surface area contributed by atoms with Crippen LogP contribution in [0.25, 0.3) is 6.08 Å². The normalized spacial score (nSPS) is 23.8. The summed E-state index contributed by atoms with van der Waals surface area (Å²) in [5.41, 5.74) is 3.68. The minimum absolute atomic E-state index is 0.294. The third kappa shape index (κ3) is 2.57. The Morgan fingerprint density at radius 2 is 1.63 bits per heavy atom. The molecule has 0 aromatic heterocycles. The predicted molar refractivity (Wildman–Crippen MR) is 101 cm³/mol. The third-order valence-electron chi connectivity index (χ3n) is 5.84. The molecule has 0 radical (unpaired) electrons. The standard InChI is InChI=1S/C22H15F3N4O/c23-22(24,25)16-8-4-3-7-15(16)17-18(20(28)30)29-10-9-13-5-1-2-6-14(13)19(29)21(17,11-26)12-27/h1-10,17-19H,(H2,28,30)/t17-,18+,19-/m0/s1. The molecule has 4 rings (SSSR count). The van der Waals surface area contributed by atoms with Crippen LogP contribution in [-0.2, 0) is 11.0 Å². The van der Waals surface area contributed by atoms with Crippen LogP contribution in [0.15, 0.2) is 54.7 Å². The lowest BCUT2D eigenvalue weighted by molar-refractivity contribution is -0.139. The molecule has 1 saturated heterocycles. The molecule has 2 aromatic rings. The van der Waals surface area contributed by atoms with Gasteiger partial charge >= 0.3 is 6.18 Å². The van der Waals surface area contributed by atoms with Gasteiger partial charge in [-0.2, -0.15) is 23.7 Å². The fourth-order valence-electron chi connectivity index (χ4n) is 4.69. The largest absolute Gasteiger partial charge is 0.416 e. The second-order valence-electron chi connectivity index (χ2n) is 7.30. The van der Waals surface area contributed by atoms with Crippen molar-refractivity contribution in [3.63, 3.8) is 0 Å². The Hall–Kier alpha value is -3.78. The van der Waals surface area contributed by atoms with E-state index < -0.39 is 41.1 Å². The molecule has 0 aliphatic carbocycles. The van der Waals surface area contributed by atoms with Crippen molar-refractivity contribution in [2.24, 2.45) is 11.1 Å². The molecule has 3 atom stereocenters. The molecule has 0 bridgehead atoms. The molecule has 5 nitrogen and oxygen atoms in total. The molecular weight excluding hydrogens is 393 g/mol. The highest BCUT2D eigenvalue weighted by Crippen LogP contribution is 2.60. The zero-order chi connectivity index (χ0) is 21.7. The quantitative estimate of drug-likeness (QED) is 0.820. The van der Waals surface area contributed by atoms with Crippen molar-refractivity contribution in [3.8, 4) is 12.1 Å². The van der Waals surface area contributed by atoms with Crippen molar-refractivity contribution in [1.82, 2.24) is 4.90 Å². The highest BCUT2D eigenvalue weighted by Gasteiger charge is 2.64. The van der Waals surface area contributed by atoms with Crippen molar-refractivity contribution in [2.75, 3.05) is 0 Å². The molecule has 1 amide bonds. The van der Waals surface area contributed by atoms with E-state index >= 15 is 0 Å². The van der Waals surface area contributed by atoms with E-state index in [0.717, 1.165) is 11.6 Å². The van der Waals surface area contributed by atoms with Crippen LogP contribution in [0.3, 0.4) is 0 Å². The van der Waals surface area contributed by atoms with Crippen LogP contribution in [0.2, 0.25) is 0 Å². The Morgan fingerprint density at radius 3 is 2.23 bits per heavy atom. The number of hydrogen-bond acceptors (Lipinski definition) is 4. The van der Waals surface area contributed by atoms with Gasteiger partial charge < -0.3 is 10.6 Å². The second kappa shape index (κ2) is 6.64. The number of amides is 1. The second-order valence-corrected chi connectivity index (χ2v) is 7.30. The van der Waals surface area contributed by atoms with E-state index in [1.165, 1.54) is 29.3 Å². The van der Waals surface area contributed by atoms with Crippen LogP contribution in [0.1, 0.15) is 34.2 Å². The number of alkyl halides is 3. The van der Waals surface area contributed by atoms with Crippen molar-refractivity contribution in [2.45, 2.75) is 24.2 Å². The molecule has 2 aliphatic heterocycles. The number of carbonyl (C=O) groups is 1. The first-order valence-corrected chi connectivity index (χ1v) is 9.08. The number of fused-ring (bicyclic) bond motifs is 3. The summed E-state index contributed by atoms with van der Waals surface area (Å²) in [6.07, 6.45) is -1.51. The van der Waals surface area contributed by atoms with Crippen molar-refractivity contribution < 1.29 is 18.0 Å². The van der Waals surface area contributed by atoms with E-state index in [2.05, 4.69) is 0 Å². The summed E-state index contributed by atoms with van der Waals surface area (Å²) in [6.45, 7) is 0. The summed E-state index contributed by atoms with van der Waals surface area (Å²) in [6, 6.07) is 13.4. The minimum Gasteiger partial charge on any atom is -0.368 e. The molecule has 1 fully saturated rings. The molecule has 0 unspecified atom stereocenters. The van der Waals surface area contributed by atoms with Gasteiger partial charge in [-0.3, -0.25) is 4.79 Å². The number of nitriles is 2. The monoisotopic (exact) mass is 408 g/mol. The number of nitrogens with zero attached hydrogens (tertiary/aromatic N) is 3. The van der Waals surface area contributed by atoms with E-state index in [1.54, 1.807) is 30.3 Å². The lowest BCUT2D eigenvalue weighted by Crippen LogP contribution is -2.42. The van der Waals surface area contributed by atoms with Gasteiger partial charge in [-0.15, -0.1) is 0 Å². The van der Waals surface area contributed by atoms with Gasteiger partial charge in [0.1, 0.15) is 6.04 Å². The van der Waals surface area contributed by atoms with Crippen molar-refractivity contribution in [3.05, 3.63) is 77.0 Å². The summed E-state index contributed by atoms with van der Waals surface area (Å²) in [5.74, 6) is -2.30. The molecule has 0 saturated carbocycles. The average molecular weight is 408 g/mol. The van der Waals surface area contributed by atoms with E-state index in [1.807, 2.05) is 12.1 Å². The maximum Gasteiger partial charge on any atom is 0.416 e. The van der Waals surface area contributed by atoms with E-state index in [0.29, 0.717) is 5.56 Å². The molecular formula is C22H15F3N4O. The molecule has 8 heteroatoms. The van der Waals surface area contributed by atoms with Crippen molar-refractivity contribution in [1.29, 1.82) is 10.5 Å². The van der Waals surface area contributed by atoms with Gasteiger partial charge in [-0.1, -0.05) is 42.5 Å². The molecule has 30 heavy (non-hydrogen) atoms. The maximum absolute atomic E-state index is 13.8. The highest BCUT2D eigenvalue weighted by atomic mass is 19.4. The number of carbonyl (C=O) groups excluding carboxylic acids is 1. The Bertz CT molecular complexity index is 1130. The van der Waals surface area contributed by atoms with Gasteiger partial charge in [-0.05, 0) is 28.8 Å². The van der Waals surface area contributed by atoms with Crippen molar-refractivity contribution >= 4 is 12.0 Å². The van der Waals surface area contributed by atoms with Gasteiger partial charge in [0.2, 0.25) is 5.91 Å². The number of halogens is 3. The van der Waals surface area contributed by atoms with E-state index in [-0.39, 0.29) is 5.56 Å². The first kappa shape index (κ1) is 19.5. The van der Waals surface area contributed by atoms with Gasteiger partial charge in [0.05, 0.1) is 23.7 Å². The first-order chi connectivity index (χ1) is 14.3. The Balaban J connectivity index is 2.05.